The van der Waals surface area contributed by atoms with E-state index in [1.165, 1.54) is 24.3 Å². The number of halogens is 1. The molecule has 2 rings (SSSR count). The third kappa shape index (κ3) is 3.22. The van der Waals surface area contributed by atoms with Crippen molar-refractivity contribution < 1.29 is 14.3 Å². The summed E-state index contributed by atoms with van der Waals surface area (Å²) in [6, 6.07) is 10.8. The molecule has 0 bridgehead atoms. The molecule has 0 fully saturated rings. The van der Waals surface area contributed by atoms with E-state index in [1.807, 2.05) is 0 Å². The molecule has 0 unspecified atom stereocenters. The number of nitrogens with one attached hydrogen (secondary N) is 1. The fourth-order valence-corrected chi connectivity index (χ4v) is 1.66. The molecule has 0 aromatic heterocycles. The van der Waals surface area contributed by atoms with Gasteiger partial charge < -0.3 is 16.2 Å². The third-order valence-electron chi connectivity index (χ3n) is 2.69. The van der Waals surface area contributed by atoms with Gasteiger partial charge in [0.2, 0.25) is 0 Å². The molecule has 19 heavy (non-hydrogen) atoms. The fourth-order valence-electron chi connectivity index (χ4n) is 1.66. The number of carbonyl (C=O) groups is 1. The molecule has 0 radical (unpaired) electrons. The monoisotopic (exact) mass is 260 g/mol. The van der Waals surface area contributed by atoms with Crippen LogP contribution in [-0.2, 0) is 6.54 Å². The molecule has 0 amide bonds. The van der Waals surface area contributed by atoms with Gasteiger partial charge in [0.05, 0.1) is 5.56 Å². The summed E-state index contributed by atoms with van der Waals surface area (Å²) >= 11 is 0. The van der Waals surface area contributed by atoms with Crippen molar-refractivity contribution in [1.29, 1.82) is 0 Å². The first-order valence-corrected chi connectivity index (χ1v) is 5.67. The summed E-state index contributed by atoms with van der Waals surface area (Å²) in [7, 11) is 0. The number of nitrogen functional groups attached to an aromatic ring is 1. The van der Waals surface area contributed by atoms with E-state index in [4.69, 9.17) is 10.8 Å². The number of rotatable bonds is 4. The number of carboxylic acid groups (broad SMARTS) is 1. The average molecular weight is 260 g/mol. The minimum Gasteiger partial charge on any atom is -0.478 e. The van der Waals surface area contributed by atoms with Gasteiger partial charge in [-0.05, 0) is 35.9 Å². The normalized spacial score (nSPS) is 10.2. The summed E-state index contributed by atoms with van der Waals surface area (Å²) in [5.74, 6) is -1.35. The van der Waals surface area contributed by atoms with Crippen LogP contribution in [0, 0.1) is 5.82 Å². The number of anilines is 2. The summed E-state index contributed by atoms with van der Waals surface area (Å²) in [6.45, 7) is 0.475. The Morgan fingerprint density at radius 1 is 1.21 bits per heavy atom. The molecule has 0 saturated carbocycles. The van der Waals surface area contributed by atoms with Gasteiger partial charge in [-0.3, -0.25) is 0 Å². The maximum Gasteiger partial charge on any atom is 0.337 e. The Hall–Kier alpha value is -2.56. The fraction of sp³-hybridized carbons (Fsp3) is 0.0714. The zero-order chi connectivity index (χ0) is 13.8. The first kappa shape index (κ1) is 12.9. The Bertz CT molecular complexity index is 597. The topological polar surface area (TPSA) is 75.3 Å². The molecule has 0 spiro atoms. The summed E-state index contributed by atoms with van der Waals surface area (Å²) < 4.78 is 12.7. The van der Waals surface area contributed by atoms with E-state index < -0.39 is 5.97 Å². The van der Waals surface area contributed by atoms with Crippen LogP contribution in [0.25, 0.3) is 0 Å². The molecule has 0 aliphatic carbocycles. The molecule has 98 valence electrons. The lowest BCUT2D eigenvalue weighted by Gasteiger charge is -2.08. The highest BCUT2D eigenvalue weighted by Gasteiger charge is 2.08. The van der Waals surface area contributed by atoms with Crippen LogP contribution in [0.1, 0.15) is 15.9 Å². The van der Waals surface area contributed by atoms with Gasteiger partial charge in [0.25, 0.3) is 0 Å². The van der Waals surface area contributed by atoms with E-state index >= 15 is 0 Å². The maximum atomic E-state index is 12.7. The Kier molecular flexibility index (Phi) is 3.66. The average Bonchev–Trinajstić information content (AvgIpc) is 2.39. The van der Waals surface area contributed by atoms with Crippen molar-refractivity contribution in [2.75, 3.05) is 11.1 Å². The molecule has 2 aromatic rings. The molecule has 5 heteroatoms. The lowest BCUT2D eigenvalue weighted by Crippen LogP contribution is -2.05. The highest BCUT2D eigenvalue weighted by Crippen LogP contribution is 2.18. The third-order valence-corrected chi connectivity index (χ3v) is 2.69. The van der Waals surface area contributed by atoms with Gasteiger partial charge in [-0.15, -0.1) is 0 Å². The van der Waals surface area contributed by atoms with E-state index in [1.54, 1.807) is 18.2 Å². The van der Waals surface area contributed by atoms with Crippen LogP contribution < -0.4 is 11.1 Å². The summed E-state index contributed by atoms with van der Waals surface area (Å²) in [5, 5.41) is 12.0. The minimum absolute atomic E-state index is 0.0594. The molecule has 4 nitrogen and oxygen atoms in total. The molecule has 0 saturated heterocycles. The predicted molar refractivity (Wildman–Crippen MR) is 71.5 cm³/mol. The summed E-state index contributed by atoms with van der Waals surface area (Å²) in [5.41, 5.74) is 7.39. The van der Waals surface area contributed by atoms with Crippen molar-refractivity contribution in [3.05, 3.63) is 59.4 Å². The molecule has 0 aliphatic rings. The van der Waals surface area contributed by atoms with Crippen molar-refractivity contribution in [1.82, 2.24) is 0 Å². The first-order chi connectivity index (χ1) is 9.06. The van der Waals surface area contributed by atoms with Gasteiger partial charge in [-0.25, -0.2) is 9.18 Å². The highest BCUT2D eigenvalue weighted by atomic mass is 19.1. The van der Waals surface area contributed by atoms with Gasteiger partial charge in [-0.2, -0.15) is 0 Å². The number of hydrogen-bond acceptors (Lipinski definition) is 3. The van der Waals surface area contributed by atoms with Crippen LogP contribution >= 0.6 is 0 Å². The predicted octanol–water partition coefficient (Wildman–Crippen LogP) is 2.72. The van der Waals surface area contributed by atoms with E-state index in [-0.39, 0.29) is 17.1 Å². The van der Waals surface area contributed by atoms with Gasteiger partial charge in [-0.1, -0.05) is 12.1 Å². The van der Waals surface area contributed by atoms with Gasteiger partial charge in [0.1, 0.15) is 5.82 Å². The Balaban J connectivity index is 2.09. The molecule has 0 aliphatic heterocycles. The zero-order valence-corrected chi connectivity index (χ0v) is 10.1. The summed E-state index contributed by atoms with van der Waals surface area (Å²) in [4.78, 5) is 10.9. The van der Waals surface area contributed by atoms with Crippen molar-refractivity contribution in [3.63, 3.8) is 0 Å². The minimum atomic E-state index is -1.07. The van der Waals surface area contributed by atoms with Crippen molar-refractivity contribution in [2.45, 2.75) is 6.54 Å². The Morgan fingerprint density at radius 3 is 2.53 bits per heavy atom. The van der Waals surface area contributed by atoms with Crippen LogP contribution in [0.15, 0.2) is 42.5 Å². The lowest BCUT2D eigenvalue weighted by molar-refractivity contribution is 0.0698. The van der Waals surface area contributed by atoms with E-state index in [2.05, 4.69) is 5.32 Å². The second kappa shape index (κ2) is 5.39. The molecular weight excluding hydrogens is 247 g/mol. The smallest absolute Gasteiger partial charge is 0.337 e. The number of hydrogen-bond donors (Lipinski definition) is 3. The van der Waals surface area contributed by atoms with E-state index in [0.717, 1.165) is 5.56 Å². The molecule has 4 N–H and O–H groups in total. The van der Waals surface area contributed by atoms with Crippen LogP contribution in [0.4, 0.5) is 15.8 Å². The van der Waals surface area contributed by atoms with Crippen LogP contribution in [0.3, 0.4) is 0 Å². The number of nitrogens with two attached hydrogens (primary N) is 1. The summed E-state index contributed by atoms with van der Waals surface area (Å²) in [6.07, 6.45) is 0. The van der Waals surface area contributed by atoms with E-state index in [9.17, 15) is 9.18 Å². The van der Waals surface area contributed by atoms with Crippen molar-refractivity contribution >= 4 is 17.3 Å². The van der Waals surface area contributed by atoms with Crippen LogP contribution in [0.5, 0.6) is 0 Å². The molecule has 0 atom stereocenters. The number of aromatic carboxylic acids is 1. The highest BCUT2D eigenvalue weighted by molar-refractivity contribution is 5.94. The van der Waals surface area contributed by atoms with Gasteiger partial charge in [0, 0.05) is 17.9 Å². The number of benzene rings is 2. The molecule has 2 aromatic carbocycles. The van der Waals surface area contributed by atoms with Crippen molar-refractivity contribution in [2.24, 2.45) is 0 Å². The standard InChI is InChI=1S/C14H13FN2O2/c15-10-3-1-9(2-4-10)8-17-11-5-6-13(16)12(7-11)14(18)19/h1-7,17H,8,16H2,(H,18,19). The quantitative estimate of drug-likeness (QED) is 0.739. The Morgan fingerprint density at radius 2 is 1.89 bits per heavy atom. The number of carboxylic acids is 1. The second-order valence-corrected chi connectivity index (χ2v) is 4.09. The zero-order valence-electron chi connectivity index (χ0n) is 10.1. The molecular formula is C14H13FN2O2. The Labute approximate surface area is 109 Å². The van der Waals surface area contributed by atoms with Crippen LogP contribution in [-0.4, -0.2) is 11.1 Å². The molecule has 0 heterocycles. The lowest BCUT2D eigenvalue weighted by atomic mass is 10.1. The van der Waals surface area contributed by atoms with Crippen molar-refractivity contribution in [3.8, 4) is 0 Å². The van der Waals surface area contributed by atoms with E-state index in [0.29, 0.717) is 12.2 Å². The van der Waals surface area contributed by atoms with Crippen LogP contribution in [0.2, 0.25) is 0 Å². The largest absolute Gasteiger partial charge is 0.478 e. The SMILES string of the molecule is Nc1ccc(NCc2ccc(F)cc2)cc1C(=O)O. The van der Waals surface area contributed by atoms with Gasteiger partial charge in [0.15, 0.2) is 0 Å². The maximum absolute atomic E-state index is 12.7. The first-order valence-electron chi connectivity index (χ1n) is 5.67. The second-order valence-electron chi connectivity index (χ2n) is 4.09. The van der Waals surface area contributed by atoms with Gasteiger partial charge >= 0.3 is 5.97 Å².